The SMILES string of the molecule is C=CC/C=C\C=C/CNC(=O)N1CCN(Cc2cc(Br)cc(OC)c2O)CC1. The average molecular weight is 450 g/mol. The van der Waals surface area contributed by atoms with Crippen LogP contribution >= 0.6 is 15.9 Å². The first-order chi connectivity index (χ1) is 13.5. The lowest BCUT2D eigenvalue weighted by Crippen LogP contribution is -2.51. The molecule has 0 unspecified atom stereocenters. The van der Waals surface area contributed by atoms with E-state index < -0.39 is 0 Å². The number of carbonyl (C=O) groups is 1. The maximum Gasteiger partial charge on any atom is 0.317 e. The molecule has 1 aromatic carbocycles. The Balaban J connectivity index is 1.77. The highest BCUT2D eigenvalue weighted by Gasteiger charge is 2.22. The summed E-state index contributed by atoms with van der Waals surface area (Å²) in [5.41, 5.74) is 0.804. The first-order valence-electron chi connectivity index (χ1n) is 9.28. The van der Waals surface area contributed by atoms with Crippen LogP contribution in [0.15, 0.2) is 53.6 Å². The molecule has 0 atom stereocenters. The standard InChI is InChI=1S/C21H28BrN3O3/c1-3-4-5-6-7-8-9-23-21(27)25-12-10-24(11-13-25)16-17-14-18(22)15-19(28-2)20(17)26/h3,5-8,14-15,26H,1,4,9-13,16H2,2H3,(H,23,27)/b6-5-,8-7-. The summed E-state index contributed by atoms with van der Waals surface area (Å²) in [4.78, 5) is 16.3. The Morgan fingerprint density at radius 2 is 2.00 bits per heavy atom. The van der Waals surface area contributed by atoms with Gasteiger partial charge in [-0.3, -0.25) is 4.90 Å². The number of hydrogen-bond donors (Lipinski definition) is 2. The Bertz CT molecular complexity index is 726. The van der Waals surface area contributed by atoms with E-state index >= 15 is 0 Å². The summed E-state index contributed by atoms with van der Waals surface area (Å²) >= 11 is 3.44. The molecule has 2 rings (SSSR count). The van der Waals surface area contributed by atoms with Crippen molar-refractivity contribution in [1.29, 1.82) is 0 Å². The van der Waals surface area contributed by atoms with Crippen LogP contribution in [0.25, 0.3) is 0 Å². The maximum atomic E-state index is 12.2. The summed E-state index contributed by atoms with van der Waals surface area (Å²) in [6, 6.07) is 3.59. The van der Waals surface area contributed by atoms with Gasteiger partial charge in [0, 0.05) is 49.3 Å². The smallest absolute Gasteiger partial charge is 0.317 e. The fourth-order valence-corrected chi connectivity index (χ4v) is 3.40. The molecule has 152 valence electrons. The number of piperazine rings is 1. The van der Waals surface area contributed by atoms with E-state index in [2.05, 4.69) is 32.7 Å². The molecule has 0 saturated carbocycles. The van der Waals surface area contributed by atoms with E-state index in [0.717, 1.165) is 29.5 Å². The van der Waals surface area contributed by atoms with Gasteiger partial charge in [0.1, 0.15) is 0 Å². The number of phenols is 1. The lowest BCUT2D eigenvalue weighted by atomic mass is 10.1. The minimum atomic E-state index is -0.0497. The van der Waals surface area contributed by atoms with E-state index in [4.69, 9.17) is 4.74 Å². The summed E-state index contributed by atoms with van der Waals surface area (Å²) < 4.78 is 6.07. The third-order valence-electron chi connectivity index (χ3n) is 4.45. The van der Waals surface area contributed by atoms with Crippen LogP contribution in [0.1, 0.15) is 12.0 Å². The Morgan fingerprint density at radius 1 is 1.29 bits per heavy atom. The number of aromatic hydroxyl groups is 1. The first kappa shape index (κ1) is 22.0. The summed E-state index contributed by atoms with van der Waals surface area (Å²) in [5, 5.41) is 13.2. The predicted molar refractivity (Wildman–Crippen MR) is 116 cm³/mol. The number of phenolic OH excluding ortho intramolecular Hbond substituents is 1. The van der Waals surface area contributed by atoms with Gasteiger partial charge in [-0.1, -0.05) is 46.3 Å². The van der Waals surface area contributed by atoms with Crippen molar-refractivity contribution in [2.45, 2.75) is 13.0 Å². The monoisotopic (exact) mass is 449 g/mol. The van der Waals surface area contributed by atoms with Gasteiger partial charge in [0.25, 0.3) is 0 Å². The Hall–Kier alpha value is -2.25. The number of rotatable bonds is 8. The van der Waals surface area contributed by atoms with Crippen LogP contribution in [0.4, 0.5) is 4.79 Å². The van der Waals surface area contributed by atoms with Crippen molar-refractivity contribution in [2.75, 3.05) is 39.8 Å². The fraction of sp³-hybridized carbons (Fsp3) is 0.381. The first-order valence-corrected chi connectivity index (χ1v) is 10.1. The summed E-state index contributed by atoms with van der Waals surface area (Å²) in [6.07, 6.45) is 10.4. The quantitative estimate of drug-likeness (QED) is 0.469. The number of methoxy groups -OCH3 is 1. The van der Waals surface area contributed by atoms with Gasteiger partial charge in [0.05, 0.1) is 7.11 Å². The molecule has 0 spiro atoms. The van der Waals surface area contributed by atoms with Crippen LogP contribution < -0.4 is 10.1 Å². The number of carbonyl (C=O) groups excluding carboxylic acids is 1. The van der Waals surface area contributed by atoms with E-state index in [-0.39, 0.29) is 11.8 Å². The van der Waals surface area contributed by atoms with Crippen molar-refractivity contribution in [2.24, 2.45) is 0 Å². The summed E-state index contributed by atoms with van der Waals surface area (Å²) in [7, 11) is 1.54. The second-order valence-corrected chi connectivity index (χ2v) is 7.36. The van der Waals surface area contributed by atoms with Crippen LogP contribution in [0.2, 0.25) is 0 Å². The van der Waals surface area contributed by atoms with Crippen molar-refractivity contribution in [3.8, 4) is 11.5 Å². The largest absolute Gasteiger partial charge is 0.504 e. The highest BCUT2D eigenvalue weighted by atomic mass is 79.9. The van der Waals surface area contributed by atoms with Crippen LogP contribution in [0, 0.1) is 0 Å². The molecule has 2 amide bonds. The molecule has 0 radical (unpaired) electrons. The number of nitrogens with zero attached hydrogens (tertiary/aromatic N) is 2. The lowest BCUT2D eigenvalue weighted by Gasteiger charge is -2.34. The highest BCUT2D eigenvalue weighted by molar-refractivity contribution is 9.10. The molecule has 0 aliphatic carbocycles. The average Bonchev–Trinajstić information content (AvgIpc) is 2.70. The molecule has 1 heterocycles. The predicted octanol–water partition coefficient (Wildman–Crippen LogP) is 3.68. The number of halogens is 1. The van der Waals surface area contributed by atoms with Crippen LogP contribution in [0.3, 0.4) is 0 Å². The third kappa shape index (κ3) is 6.73. The number of ether oxygens (including phenoxy) is 1. The molecule has 0 bridgehead atoms. The molecule has 7 heteroatoms. The van der Waals surface area contributed by atoms with Crippen molar-refractivity contribution < 1.29 is 14.6 Å². The van der Waals surface area contributed by atoms with Crippen LogP contribution in [-0.2, 0) is 6.54 Å². The van der Waals surface area contributed by atoms with Crippen molar-refractivity contribution in [3.05, 3.63) is 59.1 Å². The minimum Gasteiger partial charge on any atom is -0.504 e. The molecule has 0 aromatic heterocycles. The van der Waals surface area contributed by atoms with E-state index in [1.165, 1.54) is 7.11 Å². The van der Waals surface area contributed by atoms with Gasteiger partial charge in [-0.2, -0.15) is 0 Å². The van der Waals surface area contributed by atoms with Gasteiger partial charge in [-0.25, -0.2) is 4.79 Å². The molecule has 1 aliphatic rings. The maximum absolute atomic E-state index is 12.2. The van der Waals surface area contributed by atoms with Crippen LogP contribution in [0.5, 0.6) is 11.5 Å². The van der Waals surface area contributed by atoms with Gasteiger partial charge in [-0.15, -0.1) is 6.58 Å². The molecular formula is C21H28BrN3O3. The molecule has 2 N–H and O–H groups in total. The summed E-state index contributed by atoms with van der Waals surface area (Å²) in [6.45, 7) is 7.57. The fourth-order valence-electron chi connectivity index (χ4n) is 2.91. The second kappa shape index (κ2) is 11.6. The van der Waals surface area contributed by atoms with E-state index in [0.29, 0.717) is 31.9 Å². The zero-order valence-electron chi connectivity index (χ0n) is 16.2. The molecule has 28 heavy (non-hydrogen) atoms. The molecule has 6 nitrogen and oxygen atoms in total. The van der Waals surface area contributed by atoms with Gasteiger partial charge < -0.3 is 20.1 Å². The van der Waals surface area contributed by atoms with Gasteiger partial charge in [-0.05, 0) is 18.6 Å². The number of amides is 2. The van der Waals surface area contributed by atoms with Crippen molar-refractivity contribution in [1.82, 2.24) is 15.1 Å². The minimum absolute atomic E-state index is 0.0497. The zero-order valence-corrected chi connectivity index (χ0v) is 17.8. The number of urea groups is 1. The molecular weight excluding hydrogens is 422 g/mol. The number of nitrogens with one attached hydrogen (secondary N) is 1. The van der Waals surface area contributed by atoms with E-state index in [1.54, 1.807) is 6.07 Å². The molecule has 1 fully saturated rings. The summed E-state index contributed by atoms with van der Waals surface area (Å²) in [5.74, 6) is 0.620. The van der Waals surface area contributed by atoms with E-state index in [1.807, 2.05) is 41.3 Å². The zero-order chi connectivity index (χ0) is 20.4. The van der Waals surface area contributed by atoms with Gasteiger partial charge in [0.15, 0.2) is 11.5 Å². The number of hydrogen-bond acceptors (Lipinski definition) is 4. The Kier molecular flexibility index (Phi) is 9.10. The lowest BCUT2D eigenvalue weighted by molar-refractivity contribution is 0.135. The normalized spacial score (nSPS) is 15.3. The molecule has 1 aliphatic heterocycles. The van der Waals surface area contributed by atoms with Gasteiger partial charge in [0.2, 0.25) is 0 Å². The third-order valence-corrected chi connectivity index (χ3v) is 4.91. The van der Waals surface area contributed by atoms with Crippen molar-refractivity contribution in [3.63, 3.8) is 0 Å². The van der Waals surface area contributed by atoms with Gasteiger partial charge >= 0.3 is 6.03 Å². The molecule has 1 aromatic rings. The van der Waals surface area contributed by atoms with E-state index in [9.17, 15) is 9.90 Å². The second-order valence-electron chi connectivity index (χ2n) is 6.45. The number of allylic oxidation sites excluding steroid dienone is 4. The topological polar surface area (TPSA) is 65.0 Å². The molecule has 1 saturated heterocycles. The Morgan fingerprint density at radius 3 is 2.68 bits per heavy atom. The highest BCUT2D eigenvalue weighted by Crippen LogP contribution is 2.34. The van der Waals surface area contributed by atoms with Crippen LogP contribution in [-0.4, -0.2) is 60.8 Å². The Labute approximate surface area is 175 Å². The van der Waals surface area contributed by atoms with Crippen molar-refractivity contribution >= 4 is 22.0 Å². The number of benzene rings is 1.